The smallest absolute Gasteiger partial charge is 0.355 e. The van der Waals surface area contributed by atoms with Crippen molar-refractivity contribution in [2.75, 3.05) is 12.3 Å². The van der Waals surface area contributed by atoms with Crippen LogP contribution in [0.2, 0.25) is 0 Å². The van der Waals surface area contributed by atoms with Crippen molar-refractivity contribution >= 4 is 11.7 Å². The maximum absolute atomic E-state index is 11.9. The lowest BCUT2D eigenvalue weighted by Crippen LogP contribution is -2.12. The average Bonchev–Trinajstić information content (AvgIpc) is 3.03. The van der Waals surface area contributed by atoms with Crippen molar-refractivity contribution in [1.82, 2.24) is 4.57 Å². The molecule has 1 fully saturated rings. The topological polar surface area (TPSA) is 57.2 Å². The van der Waals surface area contributed by atoms with Crippen LogP contribution < -0.4 is 5.73 Å². The van der Waals surface area contributed by atoms with Crippen LogP contribution >= 0.6 is 0 Å². The van der Waals surface area contributed by atoms with E-state index < -0.39 is 0 Å². The number of rotatable bonds is 6. The van der Waals surface area contributed by atoms with Crippen LogP contribution in [0.15, 0.2) is 12.3 Å². The third-order valence-electron chi connectivity index (χ3n) is 3.05. The number of hydrogen-bond donors (Lipinski definition) is 1. The van der Waals surface area contributed by atoms with Crippen molar-refractivity contribution in [3.63, 3.8) is 0 Å². The number of anilines is 1. The van der Waals surface area contributed by atoms with E-state index in [0.29, 0.717) is 18.0 Å². The van der Waals surface area contributed by atoms with Gasteiger partial charge in [-0.15, -0.1) is 0 Å². The summed E-state index contributed by atoms with van der Waals surface area (Å²) in [6.45, 7) is 3.39. The van der Waals surface area contributed by atoms with Gasteiger partial charge in [0.25, 0.3) is 0 Å². The fourth-order valence-corrected chi connectivity index (χ4v) is 1.93. The highest BCUT2D eigenvalue weighted by atomic mass is 16.5. The SMILES string of the molecule is CCCn1cc(N)cc1C(=O)OCCC1CC1. The van der Waals surface area contributed by atoms with Gasteiger partial charge in [0, 0.05) is 12.7 Å². The summed E-state index contributed by atoms with van der Waals surface area (Å²) in [4.78, 5) is 11.9. The third-order valence-corrected chi connectivity index (χ3v) is 3.05. The van der Waals surface area contributed by atoms with E-state index in [1.165, 1.54) is 12.8 Å². The van der Waals surface area contributed by atoms with Gasteiger partial charge in [0.2, 0.25) is 0 Å². The second-order valence-electron chi connectivity index (χ2n) is 4.72. The minimum atomic E-state index is -0.254. The minimum Gasteiger partial charge on any atom is -0.461 e. The molecule has 1 saturated carbocycles. The zero-order valence-corrected chi connectivity index (χ0v) is 10.3. The van der Waals surface area contributed by atoms with Gasteiger partial charge in [-0.05, 0) is 24.8 Å². The fraction of sp³-hybridized carbons (Fsp3) is 0.615. The summed E-state index contributed by atoms with van der Waals surface area (Å²) in [5.41, 5.74) is 6.89. The van der Waals surface area contributed by atoms with Crippen molar-refractivity contribution in [3.05, 3.63) is 18.0 Å². The molecule has 0 aliphatic heterocycles. The van der Waals surface area contributed by atoms with Gasteiger partial charge in [-0.1, -0.05) is 19.8 Å². The summed E-state index contributed by atoms with van der Waals surface area (Å²) >= 11 is 0. The van der Waals surface area contributed by atoms with Gasteiger partial charge in [-0.2, -0.15) is 0 Å². The number of nitrogen functional groups attached to an aromatic ring is 1. The first-order valence-electron chi connectivity index (χ1n) is 6.33. The van der Waals surface area contributed by atoms with E-state index in [2.05, 4.69) is 6.92 Å². The molecule has 0 saturated heterocycles. The lowest BCUT2D eigenvalue weighted by molar-refractivity contribution is 0.0482. The number of nitrogens with zero attached hydrogens (tertiary/aromatic N) is 1. The van der Waals surface area contributed by atoms with Crippen LogP contribution in [0.4, 0.5) is 5.69 Å². The van der Waals surface area contributed by atoms with Gasteiger partial charge in [0.1, 0.15) is 5.69 Å². The Morgan fingerprint density at radius 2 is 2.35 bits per heavy atom. The molecule has 0 atom stereocenters. The molecule has 0 amide bonds. The maximum Gasteiger partial charge on any atom is 0.355 e. The summed E-state index contributed by atoms with van der Waals surface area (Å²) in [6.07, 6.45) is 6.33. The predicted molar refractivity (Wildman–Crippen MR) is 66.8 cm³/mol. The zero-order chi connectivity index (χ0) is 12.3. The highest BCUT2D eigenvalue weighted by molar-refractivity contribution is 5.89. The largest absolute Gasteiger partial charge is 0.461 e. The lowest BCUT2D eigenvalue weighted by Gasteiger charge is -2.07. The standard InChI is InChI=1S/C13H20N2O2/c1-2-6-15-9-11(14)8-12(15)13(16)17-7-5-10-3-4-10/h8-10H,2-7,14H2,1H3. The third kappa shape index (κ3) is 3.25. The van der Waals surface area contributed by atoms with E-state index in [-0.39, 0.29) is 5.97 Å². The molecule has 1 aliphatic rings. The first-order chi connectivity index (χ1) is 8.20. The highest BCUT2D eigenvalue weighted by Crippen LogP contribution is 2.32. The van der Waals surface area contributed by atoms with Gasteiger partial charge in [0.15, 0.2) is 0 Å². The van der Waals surface area contributed by atoms with Crippen molar-refractivity contribution in [3.8, 4) is 0 Å². The zero-order valence-electron chi connectivity index (χ0n) is 10.3. The van der Waals surface area contributed by atoms with Gasteiger partial charge in [-0.3, -0.25) is 0 Å². The molecular formula is C13H20N2O2. The second kappa shape index (κ2) is 5.25. The van der Waals surface area contributed by atoms with Crippen LogP contribution in [0.3, 0.4) is 0 Å². The molecule has 0 spiro atoms. The van der Waals surface area contributed by atoms with Crippen LogP contribution in [0.1, 0.15) is 43.1 Å². The molecule has 4 nitrogen and oxygen atoms in total. The van der Waals surface area contributed by atoms with E-state index in [1.807, 2.05) is 4.57 Å². The monoisotopic (exact) mass is 236 g/mol. The minimum absolute atomic E-state index is 0.254. The van der Waals surface area contributed by atoms with Crippen LogP contribution in [0, 0.1) is 5.92 Å². The van der Waals surface area contributed by atoms with Crippen molar-refractivity contribution < 1.29 is 9.53 Å². The van der Waals surface area contributed by atoms with Gasteiger partial charge in [-0.25, -0.2) is 4.79 Å². The summed E-state index contributed by atoms with van der Waals surface area (Å²) < 4.78 is 7.13. The summed E-state index contributed by atoms with van der Waals surface area (Å²) in [6, 6.07) is 1.69. The quantitative estimate of drug-likeness (QED) is 0.772. The van der Waals surface area contributed by atoms with E-state index in [1.54, 1.807) is 12.3 Å². The highest BCUT2D eigenvalue weighted by Gasteiger charge is 2.22. The molecule has 0 radical (unpaired) electrons. The Labute approximate surface area is 102 Å². The Balaban J connectivity index is 1.91. The van der Waals surface area contributed by atoms with E-state index in [9.17, 15) is 4.79 Å². The number of esters is 1. The molecule has 2 N–H and O–H groups in total. The van der Waals surface area contributed by atoms with Gasteiger partial charge in [0.05, 0.1) is 12.3 Å². The molecule has 0 bridgehead atoms. The molecule has 17 heavy (non-hydrogen) atoms. The molecule has 1 heterocycles. The Hall–Kier alpha value is -1.45. The molecule has 4 heteroatoms. The predicted octanol–water partition coefficient (Wildman–Crippen LogP) is 2.44. The maximum atomic E-state index is 11.9. The molecular weight excluding hydrogens is 216 g/mol. The first kappa shape index (κ1) is 12.0. The number of aryl methyl sites for hydroxylation is 1. The lowest BCUT2D eigenvalue weighted by atomic mass is 10.3. The normalized spacial score (nSPS) is 14.9. The van der Waals surface area contributed by atoms with Crippen LogP contribution in [0.25, 0.3) is 0 Å². The van der Waals surface area contributed by atoms with E-state index >= 15 is 0 Å². The molecule has 94 valence electrons. The summed E-state index contributed by atoms with van der Waals surface area (Å²) in [5.74, 6) is 0.533. The molecule has 1 aromatic rings. The number of carbonyl (C=O) groups excluding carboxylic acids is 1. The number of ether oxygens (including phenoxy) is 1. The van der Waals surface area contributed by atoms with Crippen LogP contribution in [0.5, 0.6) is 0 Å². The first-order valence-corrected chi connectivity index (χ1v) is 6.33. The van der Waals surface area contributed by atoms with Crippen molar-refractivity contribution in [1.29, 1.82) is 0 Å². The molecule has 0 unspecified atom stereocenters. The molecule has 0 aromatic carbocycles. The summed E-state index contributed by atoms with van der Waals surface area (Å²) in [7, 11) is 0. The molecule has 1 aliphatic carbocycles. The number of aromatic nitrogens is 1. The van der Waals surface area contributed by atoms with Crippen LogP contribution in [-0.4, -0.2) is 17.1 Å². The summed E-state index contributed by atoms with van der Waals surface area (Å²) in [5, 5.41) is 0. The Morgan fingerprint density at radius 3 is 3.00 bits per heavy atom. The Morgan fingerprint density at radius 1 is 1.59 bits per heavy atom. The fourth-order valence-electron chi connectivity index (χ4n) is 1.93. The second-order valence-corrected chi connectivity index (χ2v) is 4.72. The van der Waals surface area contributed by atoms with Crippen LogP contribution in [-0.2, 0) is 11.3 Å². The van der Waals surface area contributed by atoms with Crippen molar-refractivity contribution in [2.24, 2.45) is 5.92 Å². The average molecular weight is 236 g/mol. The number of nitrogens with two attached hydrogens (primary N) is 1. The molecule has 2 rings (SSSR count). The van der Waals surface area contributed by atoms with Gasteiger partial charge < -0.3 is 15.0 Å². The molecule has 1 aromatic heterocycles. The Bertz CT molecular complexity index is 394. The Kier molecular flexibility index (Phi) is 3.71. The van der Waals surface area contributed by atoms with Crippen molar-refractivity contribution in [2.45, 2.75) is 39.2 Å². The number of carbonyl (C=O) groups is 1. The van der Waals surface area contributed by atoms with E-state index in [4.69, 9.17) is 10.5 Å². The number of hydrogen-bond acceptors (Lipinski definition) is 3. The van der Waals surface area contributed by atoms with Gasteiger partial charge >= 0.3 is 5.97 Å². The van der Waals surface area contributed by atoms with E-state index in [0.717, 1.165) is 25.3 Å².